The van der Waals surface area contributed by atoms with Crippen molar-refractivity contribution in [1.29, 1.82) is 0 Å². The van der Waals surface area contributed by atoms with Gasteiger partial charge in [0.05, 0.1) is 5.25 Å². The van der Waals surface area contributed by atoms with Crippen LogP contribution < -0.4 is 0 Å². The van der Waals surface area contributed by atoms with E-state index in [1.165, 1.54) is 0 Å². The van der Waals surface area contributed by atoms with Crippen LogP contribution in [0.25, 0.3) is 0 Å². The molecule has 0 aromatic carbocycles. The second kappa shape index (κ2) is 4.12. The molecule has 1 fully saturated rings. The molecule has 0 spiro atoms. The summed E-state index contributed by atoms with van der Waals surface area (Å²) in [7, 11) is 0. The number of carbonyl (C=O) groups excluding carboxylic acids is 1. The predicted octanol–water partition coefficient (Wildman–Crippen LogP) is 1.83. The summed E-state index contributed by atoms with van der Waals surface area (Å²) in [6.45, 7) is 4.43. The molecule has 1 heterocycles. The van der Waals surface area contributed by atoms with E-state index < -0.39 is 0 Å². The Labute approximate surface area is 71.7 Å². The zero-order valence-electron chi connectivity index (χ0n) is 7.00. The van der Waals surface area contributed by atoms with Crippen molar-refractivity contribution in [3.8, 4) is 0 Å². The lowest BCUT2D eigenvalue weighted by Crippen LogP contribution is -2.13. The highest BCUT2D eigenvalue weighted by molar-refractivity contribution is 8.01. The molecule has 0 aromatic heterocycles. The molecule has 0 aromatic rings. The molecule has 2 atom stereocenters. The van der Waals surface area contributed by atoms with Crippen LogP contribution in [0.5, 0.6) is 0 Å². The summed E-state index contributed by atoms with van der Waals surface area (Å²) < 4.78 is 5.38. The van der Waals surface area contributed by atoms with Crippen LogP contribution in [-0.4, -0.2) is 23.1 Å². The smallest absolute Gasteiger partial charge is 0.142 e. The molecule has 1 aliphatic heterocycles. The first-order valence-electron chi connectivity index (χ1n) is 3.97. The molecular formula is C8H14O2S. The molecule has 0 bridgehead atoms. The van der Waals surface area contributed by atoms with E-state index in [9.17, 15) is 4.79 Å². The molecule has 2 unspecified atom stereocenters. The molecule has 3 heteroatoms. The maximum atomic E-state index is 10.9. The molecular weight excluding hydrogens is 160 g/mol. The van der Waals surface area contributed by atoms with Crippen LogP contribution >= 0.6 is 11.8 Å². The number of hydrogen-bond donors (Lipinski definition) is 0. The van der Waals surface area contributed by atoms with E-state index in [-0.39, 0.29) is 16.5 Å². The van der Waals surface area contributed by atoms with E-state index in [1.807, 2.05) is 6.92 Å². The van der Waals surface area contributed by atoms with Crippen molar-refractivity contribution < 1.29 is 9.53 Å². The van der Waals surface area contributed by atoms with Crippen LogP contribution in [0.4, 0.5) is 0 Å². The van der Waals surface area contributed by atoms with Crippen LogP contribution in [0.1, 0.15) is 26.7 Å². The predicted molar refractivity (Wildman–Crippen MR) is 46.7 cm³/mol. The molecule has 0 radical (unpaired) electrons. The number of hydrogen-bond acceptors (Lipinski definition) is 3. The van der Waals surface area contributed by atoms with Gasteiger partial charge in [0.25, 0.3) is 0 Å². The molecule has 11 heavy (non-hydrogen) atoms. The van der Waals surface area contributed by atoms with E-state index in [0.29, 0.717) is 0 Å². The van der Waals surface area contributed by atoms with Crippen molar-refractivity contribution >= 4 is 17.5 Å². The van der Waals surface area contributed by atoms with Crippen molar-refractivity contribution in [3.05, 3.63) is 0 Å². The minimum absolute atomic E-state index is 0.0955. The Morgan fingerprint density at radius 3 is 2.91 bits per heavy atom. The zero-order valence-corrected chi connectivity index (χ0v) is 7.82. The third-order valence-corrected chi connectivity index (χ3v) is 3.23. The molecule has 1 aliphatic rings. The maximum absolute atomic E-state index is 10.9. The third kappa shape index (κ3) is 2.83. The van der Waals surface area contributed by atoms with Crippen LogP contribution in [0.3, 0.4) is 0 Å². The lowest BCUT2D eigenvalue weighted by molar-refractivity contribution is -0.116. The Kier molecular flexibility index (Phi) is 3.40. The van der Waals surface area contributed by atoms with Crippen molar-refractivity contribution in [2.75, 3.05) is 6.61 Å². The van der Waals surface area contributed by atoms with Gasteiger partial charge in [0.15, 0.2) is 0 Å². The van der Waals surface area contributed by atoms with E-state index in [1.54, 1.807) is 18.7 Å². The lowest BCUT2D eigenvalue weighted by Gasteiger charge is -2.12. The first kappa shape index (κ1) is 9.07. The minimum atomic E-state index is 0.0955. The van der Waals surface area contributed by atoms with Crippen LogP contribution in [0, 0.1) is 0 Å². The van der Waals surface area contributed by atoms with Gasteiger partial charge in [-0.05, 0) is 26.7 Å². The molecule has 0 saturated carbocycles. The van der Waals surface area contributed by atoms with Crippen LogP contribution in [0.2, 0.25) is 0 Å². The summed E-state index contributed by atoms with van der Waals surface area (Å²) in [5.41, 5.74) is 0.272. The standard InChI is InChI=1S/C8H14O2S/c1-6(9)7(2)11-8-4-3-5-10-8/h7-8H,3-5H2,1-2H3. The fourth-order valence-electron chi connectivity index (χ4n) is 0.979. The Balaban J connectivity index is 2.23. The highest BCUT2D eigenvalue weighted by Gasteiger charge is 2.20. The number of thioether (sulfide) groups is 1. The Hall–Kier alpha value is -0.0200. The van der Waals surface area contributed by atoms with Gasteiger partial charge in [-0.2, -0.15) is 0 Å². The summed E-state index contributed by atoms with van der Waals surface area (Å²) in [4.78, 5) is 10.9. The summed E-state index contributed by atoms with van der Waals surface area (Å²) in [5, 5.41) is 0.0955. The molecule has 0 N–H and O–H groups in total. The highest BCUT2D eigenvalue weighted by atomic mass is 32.2. The second-order valence-corrected chi connectivity index (χ2v) is 4.34. The lowest BCUT2D eigenvalue weighted by atomic mass is 10.3. The number of Topliss-reactive ketones (excluding diaryl/α,β-unsaturated/α-hetero) is 1. The summed E-state index contributed by atoms with van der Waals surface area (Å²) in [6, 6.07) is 0. The van der Waals surface area contributed by atoms with Gasteiger partial charge in [0, 0.05) is 6.61 Å². The average molecular weight is 174 g/mol. The van der Waals surface area contributed by atoms with Gasteiger partial charge in [0.1, 0.15) is 11.2 Å². The number of ether oxygens (including phenoxy) is 1. The zero-order chi connectivity index (χ0) is 8.27. The van der Waals surface area contributed by atoms with E-state index in [2.05, 4.69) is 0 Å². The van der Waals surface area contributed by atoms with Gasteiger partial charge in [0.2, 0.25) is 0 Å². The first-order valence-corrected chi connectivity index (χ1v) is 4.92. The summed E-state index contributed by atoms with van der Waals surface area (Å²) in [6.07, 6.45) is 2.24. The average Bonchev–Trinajstić information content (AvgIpc) is 2.39. The van der Waals surface area contributed by atoms with Crippen molar-refractivity contribution in [1.82, 2.24) is 0 Å². The second-order valence-electron chi connectivity index (χ2n) is 2.83. The van der Waals surface area contributed by atoms with Gasteiger partial charge in [-0.3, -0.25) is 4.79 Å². The molecule has 64 valence electrons. The van der Waals surface area contributed by atoms with Gasteiger partial charge in [-0.1, -0.05) is 0 Å². The van der Waals surface area contributed by atoms with Crippen LogP contribution in [-0.2, 0) is 9.53 Å². The molecule has 1 saturated heterocycles. The van der Waals surface area contributed by atoms with E-state index in [0.717, 1.165) is 19.4 Å². The maximum Gasteiger partial charge on any atom is 0.142 e. The Morgan fingerprint density at radius 1 is 1.73 bits per heavy atom. The van der Waals surface area contributed by atoms with Gasteiger partial charge < -0.3 is 4.74 Å². The van der Waals surface area contributed by atoms with E-state index in [4.69, 9.17) is 4.74 Å². The molecule has 0 amide bonds. The topological polar surface area (TPSA) is 26.3 Å². The number of ketones is 1. The summed E-state index contributed by atoms with van der Waals surface area (Å²) in [5.74, 6) is 0.241. The number of rotatable bonds is 3. The SMILES string of the molecule is CC(=O)C(C)SC1CCCO1. The molecule has 1 rings (SSSR count). The highest BCUT2D eigenvalue weighted by Crippen LogP contribution is 2.27. The van der Waals surface area contributed by atoms with Crippen molar-refractivity contribution in [2.24, 2.45) is 0 Å². The fourth-order valence-corrected chi connectivity index (χ4v) is 2.10. The van der Waals surface area contributed by atoms with Crippen molar-refractivity contribution in [3.63, 3.8) is 0 Å². The Morgan fingerprint density at radius 2 is 2.45 bits per heavy atom. The van der Waals surface area contributed by atoms with E-state index >= 15 is 0 Å². The largest absolute Gasteiger partial charge is 0.368 e. The normalized spacial score (nSPS) is 26.9. The third-order valence-electron chi connectivity index (χ3n) is 1.82. The molecule has 0 aliphatic carbocycles. The Bertz CT molecular complexity index is 141. The number of carbonyl (C=O) groups is 1. The first-order chi connectivity index (χ1) is 5.20. The van der Waals surface area contributed by atoms with Crippen LogP contribution in [0.15, 0.2) is 0 Å². The van der Waals surface area contributed by atoms with Gasteiger partial charge >= 0.3 is 0 Å². The molecule has 2 nitrogen and oxygen atoms in total. The van der Waals surface area contributed by atoms with Gasteiger partial charge in [-0.25, -0.2) is 0 Å². The summed E-state index contributed by atoms with van der Waals surface area (Å²) >= 11 is 1.64. The van der Waals surface area contributed by atoms with Gasteiger partial charge in [-0.15, -0.1) is 11.8 Å². The fraction of sp³-hybridized carbons (Fsp3) is 0.875. The monoisotopic (exact) mass is 174 g/mol. The quantitative estimate of drug-likeness (QED) is 0.653. The minimum Gasteiger partial charge on any atom is -0.368 e. The van der Waals surface area contributed by atoms with Crippen molar-refractivity contribution in [2.45, 2.75) is 37.4 Å².